The Morgan fingerprint density at radius 3 is 2.71 bits per heavy atom. The van der Waals surface area contributed by atoms with Gasteiger partial charge in [0.2, 0.25) is 0 Å². The lowest BCUT2D eigenvalue weighted by molar-refractivity contribution is -0.123. The summed E-state index contributed by atoms with van der Waals surface area (Å²) in [7, 11) is 0. The van der Waals surface area contributed by atoms with E-state index in [9.17, 15) is 4.79 Å². The summed E-state index contributed by atoms with van der Waals surface area (Å²) in [6.07, 6.45) is 7.35. The topological polar surface area (TPSA) is 47.6 Å². The van der Waals surface area contributed by atoms with Crippen molar-refractivity contribution in [2.45, 2.75) is 51.9 Å². The van der Waals surface area contributed by atoms with Crippen molar-refractivity contribution in [2.24, 2.45) is 0 Å². The molecule has 0 heterocycles. The van der Waals surface area contributed by atoms with Crippen molar-refractivity contribution in [3.8, 4) is 11.5 Å². The predicted molar refractivity (Wildman–Crippen MR) is 112 cm³/mol. The Morgan fingerprint density at radius 1 is 1.00 bits per heavy atom. The summed E-state index contributed by atoms with van der Waals surface area (Å²) in [6, 6.07) is 14.3. The molecule has 0 aromatic heterocycles. The van der Waals surface area contributed by atoms with Crippen molar-refractivity contribution >= 4 is 5.91 Å². The third kappa shape index (κ3) is 5.75. The van der Waals surface area contributed by atoms with Gasteiger partial charge in [0.25, 0.3) is 5.91 Å². The molecule has 2 aromatic rings. The number of aryl methyl sites for hydroxylation is 2. The van der Waals surface area contributed by atoms with Crippen LogP contribution in [0.15, 0.2) is 42.5 Å². The molecule has 0 atom stereocenters. The van der Waals surface area contributed by atoms with Crippen LogP contribution in [0.2, 0.25) is 0 Å². The van der Waals surface area contributed by atoms with E-state index >= 15 is 0 Å². The molecule has 28 heavy (non-hydrogen) atoms. The molecule has 0 spiro atoms. The summed E-state index contributed by atoms with van der Waals surface area (Å²) in [5.74, 6) is 1.76. The number of nitrogens with one attached hydrogen (secondary N) is 1. The van der Waals surface area contributed by atoms with Gasteiger partial charge in [-0.25, -0.2) is 0 Å². The van der Waals surface area contributed by atoms with E-state index in [1.54, 1.807) is 0 Å². The molecule has 4 heteroatoms. The van der Waals surface area contributed by atoms with Gasteiger partial charge in [0, 0.05) is 6.54 Å². The lowest BCUT2D eigenvalue weighted by Gasteiger charge is -2.19. The van der Waals surface area contributed by atoms with E-state index in [-0.39, 0.29) is 12.5 Å². The van der Waals surface area contributed by atoms with Crippen molar-refractivity contribution < 1.29 is 14.3 Å². The van der Waals surface area contributed by atoms with Crippen LogP contribution >= 0.6 is 0 Å². The zero-order valence-electron chi connectivity index (χ0n) is 16.8. The average Bonchev–Trinajstić information content (AvgIpc) is 2.74. The highest BCUT2D eigenvalue weighted by Gasteiger charge is 2.14. The number of hydrogen-bond donors (Lipinski definition) is 1. The zero-order valence-corrected chi connectivity index (χ0v) is 16.8. The molecule has 4 nitrogen and oxygen atoms in total. The van der Waals surface area contributed by atoms with Crippen LogP contribution < -0.4 is 14.8 Å². The van der Waals surface area contributed by atoms with E-state index < -0.39 is 0 Å². The van der Waals surface area contributed by atoms with Gasteiger partial charge < -0.3 is 14.8 Å². The van der Waals surface area contributed by atoms with Crippen LogP contribution in [-0.2, 0) is 24.1 Å². The summed E-state index contributed by atoms with van der Waals surface area (Å²) in [4.78, 5) is 12.1. The molecule has 1 aliphatic carbocycles. The molecule has 1 aliphatic rings. The third-order valence-electron chi connectivity index (χ3n) is 5.09. The molecule has 1 amide bonds. The van der Waals surface area contributed by atoms with Gasteiger partial charge >= 0.3 is 0 Å². The van der Waals surface area contributed by atoms with Gasteiger partial charge in [-0.15, -0.1) is 0 Å². The van der Waals surface area contributed by atoms with Crippen LogP contribution in [0, 0.1) is 0 Å². The minimum atomic E-state index is -0.0658. The number of rotatable bonds is 10. The summed E-state index contributed by atoms with van der Waals surface area (Å²) in [5.41, 5.74) is 3.84. The molecule has 0 radical (unpaired) electrons. The van der Waals surface area contributed by atoms with E-state index in [4.69, 9.17) is 9.47 Å². The van der Waals surface area contributed by atoms with Gasteiger partial charge in [-0.05, 0) is 73.8 Å². The fourth-order valence-corrected chi connectivity index (χ4v) is 3.65. The van der Waals surface area contributed by atoms with Crippen LogP contribution in [0.1, 0.15) is 49.3 Å². The number of hydrogen-bond acceptors (Lipinski definition) is 3. The number of para-hydroxylation sites is 1. The minimum absolute atomic E-state index is 0.0658. The van der Waals surface area contributed by atoms with Gasteiger partial charge in [0.1, 0.15) is 11.5 Å². The normalized spacial score (nSPS) is 12.9. The van der Waals surface area contributed by atoms with E-state index in [0.29, 0.717) is 6.54 Å². The molecule has 150 valence electrons. The first-order valence-electron chi connectivity index (χ1n) is 10.5. The van der Waals surface area contributed by atoms with Gasteiger partial charge in [-0.1, -0.05) is 37.3 Å². The largest absolute Gasteiger partial charge is 0.493 e. The molecule has 0 unspecified atom stereocenters. The van der Waals surface area contributed by atoms with E-state index in [2.05, 4.69) is 24.4 Å². The molecule has 2 aromatic carbocycles. The molecular weight excluding hydrogens is 350 g/mol. The number of amides is 1. The average molecular weight is 382 g/mol. The first kappa shape index (κ1) is 20.2. The maximum atomic E-state index is 12.1. The Hall–Kier alpha value is -2.49. The third-order valence-corrected chi connectivity index (χ3v) is 5.09. The number of carbonyl (C=O) groups excluding carboxylic acids is 1. The lowest BCUT2D eigenvalue weighted by Crippen LogP contribution is -2.30. The highest BCUT2D eigenvalue weighted by atomic mass is 16.5. The Labute approximate surface area is 168 Å². The van der Waals surface area contributed by atoms with Gasteiger partial charge in [0.15, 0.2) is 6.61 Å². The lowest BCUT2D eigenvalue weighted by atomic mass is 9.91. The Kier molecular flexibility index (Phi) is 7.77. The van der Waals surface area contributed by atoms with Crippen LogP contribution in [0.3, 0.4) is 0 Å². The van der Waals surface area contributed by atoms with E-state index in [0.717, 1.165) is 50.2 Å². The first-order valence-corrected chi connectivity index (χ1v) is 10.5. The molecule has 0 bridgehead atoms. The molecule has 0 saturated carbocycles. The van der Waals surface area contributed by atoms with Crippen molar-refractivity contribution in [1.29, 1.82) is 0 Å². The van der Waals surface area contributed by atoms with Crippen LogP contribution in [0.4, 0.5) is 0 Å². The maximum Gasteiger partial charge on any atom is 0.257 e. The zero-order chi connectivity index (χ0) is 19.6. The van der Waals surface area contributed by atoms with E-state index in [1.165, 1.54) is 29.5 Å². The van der Waals surface area contributed by atoms with Gasteiger partial charge in [-0.2, -0.15) is 0 Å². The monoisotopic (exact) mass is 381 g/mol. The quantitative estimate of drug-likeness (QED) is 0.617. The number of fused-ring (bicyclic) bond motifs is 1. The second-order valence-electron chi connectivity index (χ2n) is 7.30. The molecule has 0 aliphatic heterocycles. The standard InChI is InChI=1S/C24H31NO3/c1-2-17-27-22-14-6-4-10-20(22)12-8-16-25-24(26)18-28-23-15-7-11-19-9-3-5-13-21(19)23/h4,6-7,10-11,14-15H,2-3,5,8-9,12-13,16-18H2,1H3,(H,25,26). The molecular formula is C24H31NO3. The highest BCUT2D eigenvalue weighted by Crippen LogP contribution is 2.29. The summed E-state index contributed by atoms with van der Waals surface area (Å²) in [6.45, 7) is 3.55. The SMILES string of the molecule is CCCOc1ccccc1CCCNC(=O)COc1cccc2c1CCCC2. The number of benzene rings is 2. The van der Waals surface area contributed by atoms with Crippen LogP contribution in [0.5, 0.6) is 11.5 Å². The Bertz CT molecular complexity index is 772. The van der Waals surface area contributed by atoms with Gasteiger partial charge in [0.05, 0.1) is 6.61 Å². The first-order chi connectivity index (χ1) is 13.8. The molecule has 0 fully saturated rings. The summed E-state index contributed by atoms with van der Waals surface area (Å²) < 4.78 is 11.6. The summed E-state index contributed by atoms with van der Waals surface area (Å²) in [5, 5.41) is 2.96. The molecule has 3 rings (SSSR count). The van der Waals surface area contributed by atoms with Gasteiger partial charge in [-0.3, -0.25) is 4.79 Å². The Balaban J connectivity index is 1.40. The van der Waals surface area contributed by atoms with Crippen molar-refractivity contribution in [1.82, 2.24) is 5.32 Å². The van der Waals surface area contributed by atoms with Crippen molar-refractivity contribution in [2.75, 3.05) is 19.8 Å². The maximum absolute atomic E-state index is 12.1. The predicted octanol–water partition coefficient (Wildman–Crippen LogP) is 4.48. The fourth-order valence-electron chi connectivity index (χ4n) is 3.65. The summed E-state index contributed by atoms with van der Waals surface area (Å²) >= 11 is 0. The highest BCUT2D eigenvalue weighted by molar-refractivity contribution is 5.77. The number of carbonyl (C=O) groups is 1. The van der Waals surface area contributed by atoms with Crippen LogP contribution in [-0.4, -0.2) is 25.7 Å². The fraction of sp³-hybridized carbons (Fsp3) is 0.458. The minimum Gasteiger partial charge on any atom is -0.493 e. The second kappa shape index (κ2) is 10.7. The second-order valence-corrected chi connectivity index (χ2v) is 7.30. The van der Waals surface area contributed by atoms with Crippen molar-refractivity contribution in [3.05, 3.63) is 59.2 Å². The van der Waals surface area contributed by atoms with Crippen LogP contribution in [0.25, 0.3) is 0 Å². The molecule has 0 saturated heterocycles. The Morgan fingerprint density at radius 2 is 1.82 bits per heavy atom. The smallest absolute Gasteiger partial charge is 0.257 e. The molecule has 1 N–H and O–H groups in total. The number of ether oxygens (including phenoxy) is 2. The van der Waals surface area contributed by atoms with Crippen molar-refractivity contribution in [3.63, 3.8) is 0 Å². The van der Waals surface area contributed by atoms with E-state index in [1.807, 2.05) is 30.3 Å².